The third kappa shape index (κ3) is 10.0. The first kappa shape index (κ1) is 25.5. The Labute approximate surface area is 187 Å². The van der Waals surface area contributed by atoms with E-state index in [0.29, 0.717) is 5.92 Å². The second-order valence-corrected chi connectivity index (χ2v) is 10.3. The number of hydrogen-bond acceptors (Lipinski definition) is 1. The number of fused-ring (bicyclic) bond motifs is 1. The Kier molecular flexibility index (Phi) is 13.5. The van der Waals surface area contributed by atoms with Crippen LogP contribution in [0.3, 0.4) is 0 Å². The van der Waals surface area contributed by atoms with E-state index >= 15 is 0 Å². The van der Waals surface area contributed by atoms with Crippen LogP contribution in [0.15, 0.2) is 12.2 Å². The minimum atomic E-state index is -0.521. The van der Waals surface area contributed by atoms with Gasteiger partial charge in [-0.15, -0.1) is 0 Å². The number of carboxylic acids is 1. The van der Waals surface area contributed by atoms with E-state index in [1.54, 1.807) is 0 Å². The summed E-state index contributed by atoms with van der Waals surface area (Å²) in [7, 11) is 0. The molecule has 0 aromatic rings. The predicted molar refractivity (Wildman–Crippen MR) is 129 cm³/mol. The van der Waals surface area contributed by atoms with Gasteiger partial charge in [-0.1, -0.05) is 96.1 Å². The number of hydrogen-bond donors (Lipinski definition) is 1. The van der Waals surface area contributed by atoms with Gasteiger partial charge in [-0.3, -0.25) is 4.79 Å². The summed E-state index contributed by atoms with van der Waals surface area (Å²) in [4.78, 5) is 11.9. The van der Waals surface area contributed by atoms with Crippen molar-refractivity contribution in [2.24, 2.45) is 23.7 Å². The second kappa shape index (κ2) is 15.9. The van der Waals surface area contributed by atoms with E-state index in [0.717, 1.165) is 24.7 Å². The van der Waals surface area contributed by atoms with Gasteiger partial charge in [0.25, 0.3) is 0 Å². The maximum Gasteiger partial charge on any atom is 0.306 e. The molecule has 4 atom stereocenters. The van der Waals surface area contributed by atoms with E-state index in [1.807, 2.05) is 0 Å². The van der Waals surface area contributed by atoms with E-state index in [9.17, 15) is 9.90 Å². The zero-order valence-electron chi connectivity index (χ0n) is 20.0. The third-order valence-electron chi connectivity index (χ3n) is 7.99. The van der Waals surface area contributed by atoms with Gasteiger partial charge in [-0.25, -0.2) is 0 Å². The maximum atomic E-state index is 11.9. The van der Waals surface area contributed by atoms with Crippen molar-refractivity contribution in [2.75, 3.05) is 0 Å². The van der Waals surface area contributed by atoms with Crippen LogP contribution in [-0.2, 0) is 4.79 Å². The van der Waals surface area contributed by atoms with Crippen molar-refractivity contribution in [1.29, 1.82) is 0 Å². The monoisotopic (exact) mass is 418 g/mol. The molecule has 0 spiro atoms. The van der Waals surface area contributed by atoms with Gasteiger partial charge in [0.15, 0.2) is 0 Å². The summed E-state index contributed by atoms with van der Waals surface area (Å²) in [5.74, 6) is 1.60. The van der Waals surface area contributed by atoms with E-state index in [2.05, 4.69) is 19.1 Å². The van der Waals surface area contributed by atoms with Crippen LogP contribution in [0, 0.1) is 23.7 Å². The lowest BCUT2D eigenvalue weighted by molar-refractivity contribution is -0.145. The van der Waals surface area contributed by atoms with Gasteiger partial charge in [-0.05, 0) is 69.1 Å². The van der Waals surface area contributed by atoms with Crippen LogP contribution in [0.25, 0.3) is 0 Å². The molecule has 0 amide bonds. The largest absolute Gasteiger partial charge is 0.481 e. The summed E-state index contributed by atoms with van der Waals surface area (Å²) >= 11 is 0. The quantitative estimate of drug-likeness (QED) is 0.200. The number of aliphatic carboxylic acids is 1. The molecular formula is C28H50O2. The Balaban J connectivity index is 1.49. The molecule has 1 N–H and O–H groups in total. The fourth-order valence-electron chi connectivity index (χ4n) is 6.09. The van der Waals surface area contributed by atoms with Crippen LogP contribution >= 0.6 is 0 Å². The molecule has 0 aliphatic heterocycles. The first-order valence-corrected chi connectivity index (χ1v) is 13.6. The van der Waals surface area contributed by atoms with E-state index in [1.165, 1.54) is 116 Å². The smallest absolute Gasteiger partial charge is 0.306 e. The minimum absolute atomic E-state index is 0.0786. The van der Waals surface area contributed by atoms with Crippen LogP contribution in [0.1, 0.15) is 135 Å². The van der Waals surface area contributed by atoms with Gasteiger partial charge >= 0.3 is 5.97 Å². The highest BCUT2D eigenvalue weighted by molar-refractivity contribution is 5.70. The zero-order chi connectivity index (χ0) is 21.4. The van der Waals surface area contributed by atoms with Crippen molar-refractivity contribution in [3.05, 3.63) is 12.2 Å². The zero-order valence-corrected chi connectivity index (χ0v) is 20.0. The van der Waals surface area contributed by atoms with Crippen LogP contribution in [-0.4, -0.2) is 11.1 Å². The molecule has 2 heteroatoms. The summed E-state index contributed by atoms with van der Waals surface area (Å²) in [6, 6.07) is 0. The maximum absolute atomic E-state index is 11.9. The van der Waals surface area contributed by atoms with Crippen molar-refractivity contribution in [1.82, 2.24) is 0 Å². The molecule has 0 radical (unpaired) electrons. The molecule has 30 heavy (non-hydrogen) atoms. The second-order valence-electron chi connectivity index (χ2n) is 10.3. The van der Waals surface area contributed by atoms with Crippen LogP contribution in [0.4, 0.5) is 0 Å². The average molecular weight is 419 g/mol. The van der Waals surface area contributed by atoms with Crippen molar-refractivity contribution < 1.29 is 9.90 Å². The Morgan fingerprint density at radius 2 is 1.40 bits per heavy atom. The van der Waals surface area contributed by atoms with Crippen molar-refractivity contribution in [3.63, 3.8) is 0 Å². The Bertz CT molecular complexity index is 469. The molecule has 0 saturated heterocycles. The van der Waals surface area contributed by atoms with Gasteiger partial charge in [0.1, 0.15) is 0 Å². The number of unbranched alkanes of at least 4 members (excludes halogenated alkanes) is 10. The van der Waals surface area contributed by atoms with Crippen LogP contribution in [0.5, 0.6) is 0 Å². The molecule has 2 nitrogen and oxygen atoms in total. The van der Waals surface area contributed by atoms with E-state index < -0.39 is 5.97 Å². The van der Waals surface area contributed by atoms with Crippen molar-refractivity contribution in [3.8, 4) is 0 Å². The summed E-state index contributed by atoms with van der Waals surface area (Å²) in [6.07, 6.45) is 30.4. The SMILES string of the molecule is CCCCCCCC/C=C/CCCCCCC(C(=O)O)C1CCC2CCCCC2C1. The van der Waals surface area contributed by atoms with Gasteiger partial charge in [-0.2, -0.15) is 0 Å². The highest BCUT2D eigenvalue weighted by atomic mass is 16.4. The number of rotatable bonds is 16. The summed E-state index contributed by atoms with van der Waals surface area (Å²) in [5.41, 5.74) is 0. The molecule has 0 aromatic heterocycles. The number of allylic oxidation sites excluding steroid dienone is 2. The summed E-state index contributed by atoms with van der Waals surface area (Å²) in [5, 5.41) is 9.82. The van der Waals surface area contributed by atoms with E-state index in [4.69, 9.17) is 0 Å². The van der Waals surface area contributed by atoms with Crippen molar-refractivity contribution in [2.45, 2.75) is 135 Å². The van der Waals surface area contributed by atoms with Gasteiger partial charge in [0.2, 0.25) is 0 Å². The fraction of sp³-hybridized carbons (Fsp3) is 0.893. The summed E-state index contributed by atoms with van der Waals surface area (Å²) < 4.78 is 0. The van der Waals surface area contributed by atoms with Gasteiger partial charge < -0.3 is 5.11 Å². The standard InChI is InChI=1S/C28H50O2/c1-2-3-4-5-6-7-8-9-10-11-12-13-14-15-20-27(28(29)30)26-22-21-24-18-16-17-19-25(24)23-26/h9-10,24-27H,2-8,11-23H2,1H3,(H,29,30)/b10-9+. The van der Waals surface area contributed by atoms with Gasteiger partial charge in [0.05, 0.1) is 5.92 Å². The molecule has 2 aliphatic rings. The lowest BCUT2D eigenvalue weighted by atomic mass is 9.64. The molecule has 174 valence electrons. The molecule has 0 heterocycles. The minimum Gasteiger partial charge on any atom is -0.481 e. The lowest BCUT2D eigenvalue weighted by Gasteiger charge is -2.41. The predicted octanol–water partition coefficient (Wildman–Crippen LogP) is 8.94. The fourth-order valence-corrected chi connectivity index (χ4v) is 6.09. The van der Waals surface area contributed by atoms with Gasteiger partial charge in [0, 0.05) is 0 Å². The molecule has 0 aromatic carbocycles. The normalized spacial score (nSPS) is 25.3. The first-order valence-electron chi connectivity index (χ1n) is 13.6. The molecule has 2 fully saturated rings. The van der Waals surface area contributed by atoms with Crippen molar-refractivity contribution >= 4 is 5.97 Å². The Hall–Kier alpha value is -0.790. The average Bonchev–Trinajstić information content (AvgIpc) is 2.76. The van der Waals surface area contributed by atoms with E-state index in [-0.39, 0.29) is 5.92 Å². The highest BCUT2D eigenvalue weighted by Gasteiger charge is 2.37. The molecular weight excluding hydrogens is 368 g/mol. The van der Waals surface area contributed by atoms with Crippen LogP contribution in [0.2, 0.25) is 0 Å². The first-order chi connectivity index (χ1) is 14.7. The Morgan fingerprint density at radius 3 is 2.07 bits per heavy atom. The molecule has 2 saturated carbocycles. The molecule has 2 rings (SSSR count). The number of carbonyl (C=O) groups is 1. The Morgan fingerprint density at radius 1 is 0.800 bits per heavy atom. The van der Waals surface area contributed by atoms with Crippen LogP contribution < -0.4 is 0 Å². The highest BCUT2D eigenvalue weighted by Crippen LogP contribution is 2.45. The summed E-state index contributed by atoms with van der Waals surface area (Å²) in [6.45, 7) is 2.27. The topological polar surface area (TPSA) is 37.3 Å². The molecule has 4 unspecified atom stereocenters. The molecule has 2 aliphatic carbocycles. The third-order valence-corrected chi connectivity index (χ3v) is 7.99. The lowest BCUT2D eigenvalue weighted by Crippen LogP contribution is -2.33. The number of carboxylic acid groups (broad SMARTS) is 1. The molecule has 0 bridgehead atoms.